The first kappa shape index (κ1) is 11.9. The summed E-state index contributed by atoms with van der Waals surface area (Å²) in [7, 11) is 1.62. The smallest absolute Gasteiger partial charge is 0.230 e. The van der Waals surface area contributed by atoms with Gasteiger partial charge in [0.1, 0.15) is 5.75 Å². The predicted molar refractivity (Wildman–Crippen MR) is 67.1 cm³/mol. The lowest BCUT2D eigenvalue weighted by Crippen LogP contribution is -2.36. The Morgan fingerprint density at radius 1 is 1.53 bits per heavy atom. The number of anilines is 1. The van der Waals surface area contributed by atoms with Crippen LogP contribution in [0, 0.1) is 5.92 Å². The van der Waals surface area contributed by atoms with E-state index in [1.54, 1.807) is 12.0 Å². The van der Waals surface area contributed by atoms with Gasteiger partial charge < -0.3 is 15.4 Å². The molecule has 1 amide bonds. The largest absolute Gasteiger partial charge is 0.497 e. The average Bonchev–Trinajstić information content (AvgIpc) is 3.19. The van der Waals surface area contributed by atoms with E-state index in [4.69, 9.17) is 10.5 Å². The van der Waals surface area contributed by atoms with Gasteiger partial charge in [-0.05, 0) is 25.0 Å². The highest BCUT2D eigenvalue weighted by Crippen LogP contribution is 2.33. The third-order valence-electron chi connectivity index (χ3n) is 2.91. The van der Waals surface area contributed by atoms with Crippen molar-refractivity contribution in [3.63, 3.8) is 0 Å². The molecule has 0 aromatic heterocycles. The monoisotopic (exact) mass is 234 g/mol. The van der Waals surface area contributed by atoms with Gasteiger partial charge >= 0.3 is 0 Å². The lowest BCUT2D eigenvalue weighted by atomic mass is 10.2. The van der Waals surface area contributed by atoms with Gasteiger partial charge in [-0.1, -0.05) is 6.07 Å². The molecular formula is C13H18N2O2. The summed E-state index contributed by atoms with van der Waals surface area (Å²) in [5, 5.41) is 0. The van der Waals surface area contributed by atoms with Gasteiger partial charge in [0.15, 0.2) is 0 Å². The number of hydrogen-bond acceptors (Lipinski definition) is 3. The fraction of sp³-hybridized carbons (Fsp3) is 0.462. The van der Waals surface area contributed by atoms with E-state index in [1.807, 2.05) is 24.3 Å². The van der Waals surface area contributed by atoms with Gasteiger partial charge in [-0.15, -0.1) is 0 Å². The molecule has 0 spiro atoms. The third-order valence-corrected chi connectivity index (χ3v) is 2.91. The number of benzene rings is 1. The van der Waals surface area contributed by atoms with E-state index in [1.165, 1.54) is 0 Å². The van der Waals surface area contributed by atoms with Crippen molar-refractivity contribution >= 4 is 11.6 Å². The average molecular weight is 234 g/mol. The lowest BCUT2D eigenvalue weighted by molar-refractivity contribution is -0.119. The van der Waals surface area contributed by atoms with E-state index in [-0.39, 0.29) is 11.8 Å². The summed E-state index contributed by atoms with van der Waals surface area (Å²) in [4.78, 5) is 13.9. The van der Waals surface area contributed by atoms with Gasteiger partial charge in [-0.25, -0.2) is 0 Å². The maximum Gasteiger partial charge on any atom is 0.230 e. The van der Waals surface area contributed by atoms with Crippen LogP contribution >= 0.6 is 0 Å². The van der Waals surface area contributed by atoms with Crippen molar-refractivity contribution in [3.05, 3.63) is 24.3 Å². The Morgan fingerprint density at radius 3 is 2.88 bits per heavy atom. The van der Waals surface area contributed by atoms with Crippen LogP contribution in [0.1, 0.15) is 12.8 Å². The number of rotatable bonds is 5. The molecule has 1 saturated carbocycles. The number of methoxy groups -OCH3 is 1. The molecule has 0 atom stereocenters. The normalized spacial score (nSPS) is 14.5. The Labute approximate surface area is 101 Å². The van der Waals surface area contributed by atoms with Crippen molar-refractivity contribution < 1.29 is 9.53 Å². The fourth-order valence-corrected chi connectivity index (χ4v) is 1.82. The summed E-state index contributed by atoms with van der Waals surface area (Å²) in [6.07, 6.45) is 2.01. The van der Waals surface area contributed by atoms with Gasteiger partial charge in [-0.3, -0.25) is 4.79 Å². The van der Waals surface area contributed by atoms with Crippen LogP contribution in [0.2, 0.25) is 0 Å². The van der Waals surface area contributed by atoms with Crippen LogP contribution in [0.4, 0.5) is 5.69 Å². The molecule has 17 heavy (non-hydrogen) atoms. The van der Waals surface area contributed by atoms with Crippen LogP contribution in [0.3, 0.4) is 0 Å². The Kier molecular flexibility index (Phi) is 3.64. The summed E-state index contributed by atoms with van der Waals surface area (Å²) in [6.45, 7) is 1.03. The van der Waals surface area contributed by atoms with Crippen molar-refractivity contribution in [2.75, 3.05) is 25.1 Å². The zero-order valence-corrected chi connectivity index (χ0v) is 10.1. The van der Waals surface area contributed by atoms with E-state index in [9.17, 15) is 4.79 Å². The minimum absolute atomic E-state index is 0.184. The lowest BCUT2D eigenvalue weighted by Gasteiger charge is -2.22. The third kappa shape index (κ3) is 2.77. The molecule has 0 unspecified atom stereocenters. The van der Waals surface area contributed by atoms with Crippen LogP contribution in [0.15, 0.2) is 24.3 Å². The standard InChI is InChI=1S/C13H18N2O2/c1-17-12-4-2-3-11(9-12)15(8-7-14)13(16)10-5-6-10/h2-4,9-10H,5-8,14H2,1H3. The SMILES string of the molecule is COc1cccc(N(CCN)C(=O)C2CC2)c1. The summed E-state index contributed by atoms with van der Waals surface area (Å²) < 4.78 is 5.17. The number of nitrogens with two attached hydrogens (primary N) is 1. The number of hydrogen-bond donors (Lipinski definition) is 1. The first-order valence-electron chi connectivity index (χ1n) is 5.91. The molecule has 1 aromatic rings. The predicted octanol–water partition coefficient (Wildman–Crippen LogP) is 1.40. The van der Waals surface area contributed by atoms with Crippen molar-refractivity contribution in [3.8, 4) is 5.75 Å². The molecule has 92 valence electrons. The van der Waals surface area contributed by atoms with Crippen molar-refractivity contribution in [2.45, 2.75) is 12.8 Å². The number of ether oxygens (including phenoxy) is 1. The molecule has 1 fully saturated rings. The summed E-state index contributed by atoms with van der Waals surface area (Å²) in [5.74, 6) is 1.14. The highest BCUT2D eigenvalue weighted by atomic mass is 16.5. The molecule has 2 rings (SSSR count). The zero-order valence-electron chi connectivity index (χ0n) is 10.1. The topological polar surface area (TPSA) is 55.6 Å². The van der Waals surface area contributed by atoms with E-state index in [0.717, 1.165) is 24.3 Å². The van der Waals surface area contributed by atoms with Crippen molar-refractivity contribution in [1.29, 1.82) is 0 Å². The molecule has 0 saturated heterocycles. The molecule has 0 bridgehead atoms. The van der Waals surface area contributed by atoms with Gasteiger partial charge in [0.2, 0.25) is 5.91 Å². The van der Waals surface area contributed by atoms with Crippen LogP contribution < -0.4 is 15.4 Å². The second-order valence-electron chi connectivity index (χ2n) is 4.25. The molecule has 0 radical (unpaired) electrons. The number of nitrogens with zero attached hydrogens (tertiary/aromatic N) is 1. The fourth-order valence-electron chi connectivity index (χ4n) is 1.82. The number of carbonyl (C=O) groups excluding carboxylic acids is 1. The van der Waals surface area contributed by atoms with Gasteiger partial charge in [-0.2, -0.15) is 0 Å². The Balaban J connectivity index is 2.21. The molecule has 1 aliphatic carbocycles. The molecule has 1 aliphatic rings. The molecule has 4 heteroatoms. The van der Waals surface area contributed by atoms with E-state index in [2.05, 4.69) is 0 Å². The number of carbonyl (C=O) groups is 1. The molecule has 2 N–H and O–H groups in total. The Hall–Kier alpha value is -1.55. The summed E-state index contributed by atoms with van der Waals surface area (Å²) >= 11 is 0. The molecule has 0 heterocycles. The van der Waals surface area contributed by atoms with Crippen LogP contribution in [-0.2, 0) is 4.79 Å². The zero-order chi connectivity index (χ0) is 12.3. The molecule has 4 nitrogen and oxygen atoms in total. The number of amides is 1. The first-order valence-corrected chi connectivity index (χ1v) is 5.91. The minimum Gasteiger partial charge on any atom is -0.497 e. The van der Waals surface area contributed by atoms with Crippen LogP contribution in [-0.4, -0.2) is 26.1 Å². The second kappa shape index (κ2) is 5.19. The Bertz CT molecular complexity index is 402. The minimum atomic E-state index is 0.184. The molecule has 1 aromatic carbocycles. The van der Waals surface area contributed by atoms with Gasteiger partial charge in [0.25, 0.3) is 0 Å². The van der Waals surface area contributed by atoms with Crippen LogP contribution in [0.5, 0.6) is 5.75 Å². The maximum absolute atomic E-state index is 12.1. The van der Waals surface area contributed by atoms with E-state index in [0.29, 0.717) is 13.1 Å². The van der Waals surface area contributed by atoms with Gasteiger partial charge in [0, 0.05) is 30.8 Å². The summed E-state index contributed by atoms with van der Waals surface area (Å²) in [5.41, 5.74) is 6.44. The highest BCUT2D eigenvalue weighted by molar-refractivity contribution is 5.96. The second-order valence-corrected chi connectivity index (χ2v) is 4.25. The Morgan fingerprint density at radius 2 is 2.29 bits per heavy atom. The van der Waals surface area contributed by atoms with Crippen LogP contribution in [0.25, 0.3) is 0 Å². The van der Waals surface area contributed by atoms with Crippen molar-refractivity contribution in [1.82, 2.24) is 0 Å². The van der Waals surface area contributed by atoms with Gasteiger partial charge in [0.05, 0.1) is 7.11 Å². The highest BCUT2D eigenvalue weighted by Gasteiger charge is 2.33. The van der Waals surface area contributed by atoms with E-state index >= 15 is 0 Å². The maximum atomic E-state index is 12.1. The quantitative estimate of drug-likeness (QED) is 0.837. The summed E-state index contributed by atoms with van der Waals surface area (Å²) in [6, 6.07) is 7.54. The van der Waals surface area contributed by atoms with E-state index < -0.39 is 0 Å². The molecule has 0 aliphatic heterocycles. The first-order chi connectivity index (χ1) is 8.26. The van der Waals surface area contributed by atoms with Crippen molar-refractivity contribution in [2.24, 2.45) is 11.7 Å². The molecular weight excluding hydrogens is 216 g/mol.